The normalized spacial score (nSPS) is 18.7. The summed E-state index contributed by atoms with van der Waals surface area (Å²) < 4.78 is 11.8. The Hall–Kier alpha value is -2.59. The van der Waals surface area contributed by atoms with Crippen LogP contribution >= 0.6 is 0 Å². The topological polar surface area (TPSA) is 56.8 Å². The summed E-state index contributed by atoms with van der Waals surface area (Å²) in [5, 5.41) is 0. The van der Waals surface area contributed by atoms with E-state index in [9.17, 15) is 0 Å². The molecule has 2 heterocycles. The summed E-state index contributed by atoms with van der Waals surface area (Å²) in [6, 6.07) is 14.1. The zero-order valence-corrected chi connectivity index (χ0v) is 13.4. The van der Waals surface area contributed by atoms with Gasteiger partial charge in [-0.05, 0) is 65.9 Å². The lowest BCUT2D eigenvalue weighted by Gasteiger charge is -2.25. The van der Waals surface area contributed by atoms with Crippen LogP contribution in [0.25, 0.3) is 5.57 Å². The van der Waals surface area contributed by atoms with E-state index in [1.54, 1.807) is 0 Å². The summed E-state index contributed by atoms with van der Waals surface area (Å²) in [7, 11) is 0. The van der Waals surface area contributed by atoms with E-state index in [-0.39, 0.29) is 6.10 Å². The van der Waals surface area contributed by atoms with Crippen LogP contribution in [0.1, 0.15) is 17.5 Å². The highest BCUT2D eigenvalue weighted by molar-refractivity contribution is 5.89. The third kappa shape index (κ3) is 3.05. The fourth-order valence-electron chi connectivity index (χ4n) is 3.06. The lowest BCUT2D eigenvalue weighted by Crippen LogP contribution is -2.30. The van der Waals surface area contributed by atoms with E-state index in [1.807, 2.05) is 36.6 Å². The van der Waals surface area contributed by atoms with Gasteiger partial charge < -0.3 is 15.2 Å². The van der Waals surface area contributed by atoms with Gasteiger partial charge in [0.05, 0.1) is 6.54 Å². The van der Waals surface area contributed by atoms with E-state index in [1.165, 1.54) is 16.7 Å². The van der Waals surface area contributed by atoms with E-state index in [0.717, 1.165) is 36.6 Å². The predicted octanol–water partition coefficient (Wildman–Crippen LogP) is 3.60. The van der Waals surface area contributed by atoms with Gasteiger partial charge in [0.15, 0.2) is 0 Å². The molecule has 0 spiro atoms. The zero-order chi connectivity index (χ0) is 16.4. The number of aryl methyl sites for hydroxylation is 1. The van der Waals surface area contributed by atoms with Crippen molar-refractivity contribution < 1.29 is 9.47 Å². The van der Waals surface area contributed by atoms with Crippen molar-refractivity contribution in [2.75, 3.05) is 13.1 Å². The van der Waals surface area contributed by atoms with E-state index < -0.39 is 0 Å². The quantitative estimate of drug-likeness (QED) is 0.936. The van der Waals surface area contributed by atoms with Crippen molar-refractivity contribution in [2.24, 2.45) is 10.7 Å². The van der Waals surface area contributed by atoms with Gasteiger partial charge in [0.1, 0.15) is 23.4 Å². The molecule has 0 bridgehead atoms. The average Bonchev–Trinajstić information content (AvgIpc) is 3.16. The number of ether oxygens (including phenoxy) is 2. The molecule has 4 nitrogen and oxygen atoms in total. The highest BCUT2D eigenvalue weighted by Gasteiger charge is 2.19. The minimum absolute atomic E-state index is 0.130. The molecular weight excluding hydrogens is 300 g/mol. The third-order valence-corrected chi connectivity index (χ3v) is 4.43. The van der Waals surface area contributed by atoms with Crippen LogP contribution in [0.4, 0.5) is 0 Å². The van der Waals surface area contributed by atoms with Crippen LogP contribution in [0.5, 0.6) is 17.2 Å². The fraction of sp³-hybridized carbons (Fsp3) is 0.250. The van der Waals surface area contributed by atoms with Crippen LogP contribution in [0.15, 0.2) is 53.5 Å². The summed E-state index contributed by atoms with van der Waals surface area (Å²) in [5.41, 5.74) is 9.30. The molecular formula is C20H20N2O2. The second kappa shape index (κ2) is 6.49. The first-order valence-corrected chi connectivity index (χ1v) is 8.29. The predicted molar refractivity (Wildman–Crippen MR) is 96.1 cm³/mol. The maximum absolute atomic E-state index is 5.98. The highest BCUT2D eigenvalue weighted by Crippen LogP contribution is 2.33. The Morgan fingerprint density at radius 3 is 2.71 bits per heavy atom. The molecule has 0 fully saturated rings. The first kappa shape index (κ1) is 15.0. The van der Waals surface area contributed by atoms with E-state index >= 15 is 0 Å². The Labute approximate surface area is 141 Å². The van der Waals surface area contributed by atoms with Crippen molar-refractivity contribution in [1.29, 1.82) is 0 Å². The van der Waals surface area contributed by atoms with Crippen molar-refractivity contribution in [1.82, 2.24) is 0 Å². The molecule has 0 saturated carbocycles. The number of aliphatic imine (C=N–C) groups is 1. The highest BCUT2D eigenvalue weighted by atomic mass is 16.5. The van der Waals surface area contributed by atoms with Crippen molar-refractivity contribution in [3.05, 3.63) is 59.7 Å². The second-order valence-corrected chi connectivity index (χ2v) is 6.09. The summed E-state index contributed by atoms with van der Waals surface area (Å²) in [6.45, 7) is 1.32. The summed E-state index contributed by atoms with van der Waals surface area (Å²) in [6.07, 6.45) is 5.96. The van der Waals surface area contributed by atoms with Gasteiger partial charge in [-0.2, -0.15) is 0 Å². The van der Waals surface area contributed by atoms with Gasteiger partial charge in [0.2, 0.25) is 0 Å². The van der Waals surface area contributed by atoms with Gasteiger partial charge in [-0.3, -0.25) is 4.99 Å². The molecule has 0 amide bonds. The number of allylic oxidation sites excluding steroid dienone is 1. The molecule has 0 saturated heterocycles. The first-order valence-electron chi connectivity index (χ1n) is 8.29. The number of nitrogens with zero attached hydrogens (tertiary/aromatic N) is 1. The van der Waals surface area contributed by atoms with Crippen molar-refractivity contribution >= 4 is 11.8 Å². The SMILES string of the molecule is NCC1CCc2cc(Oc3ccc(C4=CC=NC4)cc3)ccc2O1. The molecule has 2 aliphatic heterocycles. The largest absolute Gasteiger partial charge is 0.489 e. The Kier molecular flexibility index (Phi) is 4.05. The number of hydrogen-bond acceptors (Lipinski definition) is 4. The fourth-order valence-corrected chi connectivity index (χ4v) is 3.06. The number of fused-ring (bicyclic) bond motifs is 1. The van der Waals surface area contributed by atoms with Crippen LogP contribution in [0.3, 0.4) is 0 Å². The monoisotopic (exact) mass is 320 g/mol. The summed E-state index contributed by atoms with van der Waals surface area (Å²) in [4.78, 5) is 4.22. The summed E-state index contributed by atoms with van der Waals surface area (Å²) in [5.74, 6) is 2.59. The average molecular weight is 320 g/mol. The van der Waals surface area contributed by atoms with Crippen LogP contribution in [0.2, 0.25) is 0 Å². The Morgan fingerprint density at radius 2 is 1.96 bits per heavy atom. The van der Waals surface area contributed by atoms with Gasteiger partial charge in [0.25, 0.3) is 0 Å². The minimum Gasteiger partial charge on any atom is -0.489 e. The number of nitrogens with two attached hydrogens (primary N) is 1. The van der Waals surface area contributed by atoms with Crippen LogP contribution in [0, 0.1) is 0 Å². The molecule has 4 heteroatoms. The van der Waals surface area contributed by atoms with Crippen LogP contribution in [-0.2, 0) is 6.42 Å². The lowest BCUT2D eigenvalue weighted by atomic mass is 10.0. The first-order chi connectivity index (χ1) is 11.8. The van der Waals surface area contributed by atoms with Crippen LogP contribution < -0.4 is 15.2 Å². The maximum Gasteiger partial charge on any atom is 0.127 e. The standard InChI is InChI=1S/C20H20N2O2/c21-12-19-6-3-15-11-18(7-8-20(15)24-19)23-17-4-1-14(2-5-17)16-9-10-22-13-16/h1-2,4-5,7-11,19H,3,6,12-13,21H2. The molecule has 24 heavy (non-hydrogen) atoms. The number of hydrogen-bond donors (Lipinski definition) is 1. The molecule has 0 aromatic heterocycles. The van der Waals surface area contributed by atoms with E-state index in [4.69, 9.17) is 15.2 Å². The maximum atomic E-state index is 5.98. The van der Waals surface area contributed by atoms with Crippen molar-refractivity contribution in [3.63, 3.8) is 0 Å². The van der Waals surface area contributed by atoms with Crippen molar-refractivity contribution in [3.8, 4) is 17.2 Å². The molecule has 1 atom stereocenters. The Bertz CT molecular complexity index is 794. The molecule has 2 aliphatic rings. The van der Waals surface area contributed by atoms with E-state index in [0.29, 0.717) is 6.54 Å². The van der Waals surface area contributed by atoms with Gasteiger partial charge >= 0.3 is 0 Å². The number of benzene rings is 2. The van der Waals surface area contributed by atoms with Gasteiger partial charge in [-0.15, -0.1) is 0 Å². The van der Waals surface area contributed by atoms with Gasteiger partial charge in [-0.25, -0.2) is 0 Å². The molecule has 4 rings (SSSR count). The minimum atomic E-state index is 0.130. The molecule has 2 N–H and O–H groups in total. The molecule has 2 aromatic rings. The van der Waals surface area contributed by atoms with Crippen LogP contribution in [-0.4, -0.2) is 25.4 Å². The van der Waals surface area contributed by atoms with E-state index in [2.05, 4.69) is 23.2 Å². The Balaban J connectivity index is 1.47. The summed E-state index contributed by atoms with van der Waals surface area (Å²) >= 11 is 0. The van der Waals surface area contributed by atoms with Gasteiger partial charge in [0, 0.05) is 12.8 Å². The van der Waals surface area contributed by atoms with Gasteiger partial charge in [-0.1, -0.05) is 12.1 Å². The second-order valence-electron chi connectivity index (χ2n) is 6.09. The zero-order valence-electron chi connectivity index (χ0n) is 13.4. The lowest BCUT2D eigenvalue weighted by molar-refractivity contribution is 0.181. The third-order valence-electron chi connectivity index (χ3n) is 4.43. The molecule has 1 unspecified atom stereocenters. The van der Waals surface area contributed by atoms with Crippen molar-refractivity contribution in [2.45, 2.75) is 18.9 Å². The molecule has 0 aliphatic carbocycles. The molecule has 2 aromatic carbocycles. The number of rotatable bonds is 4. The Morgan fingerprint density at radius 1 is 1.12 bits per heavy atom. The molecule has 122 valence electrons. The molecule has 0 radical (unpaired) electrons. The smallest absolute Gasteiger partial charge is 0.127 e.